The first-order chi connectivity index (χ1) is 10.8. The van der Waals surface area contributed by atoms with E-state index < -0.39 is 12.1 Å². The number of aromatic nitrogens is 1. The Kier molecular flexibility index (Phi) is 5.20. The van der Waals surface area contributed by atoms with Crippen LogP contribution in [0.3, 0.4) is 0 Å². The zero-order valence-electron chi connectivity index (χ0n) is 13.6. The number of nitrogens with one attached hydrogen (secondary N) is 1. The fourth-order valence-corrected chi connectivity index (χ4v) is 3.07. The number of aliphatic carboxylic acids is 1. The molecule has 2 N–H and O–H groups in total. The third-order valence-corrected chi connectivity index (χ3v) is 4.04. The van der Waals surface area contributed by atoms with Gasteiger partial charge in [0.2, 0.25) is 0 Å². The number of amides is 1. The Morgan fingerprint density at radius 3 is 2.65 bits per heavy atom. The number of H-pyrrole nitrogens is 1. The number of carboxylic acid groups (broad SMARTS) is 1. The van der Waals surface area contributed by atoms with Crippen LogP contribution >= 0.6 is 0 Å². The summed E-state index contributed by atoms with van der Waals surface area (Å²) < 4.78 is 5.39. The molecule has 7 nitrogen and oxygen atoms in total. The van der Waals surface area contributed by atoms with Crippen LogP contribution in [0.15, 0.2) is 0 Å². The van der Waals surface area contributed by atoms with Crippen LogP contribution in [0.5, 0.6) is 0 Å². The molecule has 2 rings (SSSR count). The van der Waals surface area contributed by atoms with Crippen LogP contribution < -0.4 is 0 Å². The molecule has 1 aliphatic heterocycles. The molecule has 0 bridgehead atoms. The number of ether oxygens (including phenoxy) is 1. The first-order valence-corrected chi connectivity index (χ1v) is 7.70. The molecule has 1 atom stereocenters. The number of carbonyl (C=O) groups is 3. The molecule has 1 saturated heterocycles. The van der Waals surface area contributed by atoms with Gasteiger partial charge in [0, 0.05) is 24.3 Å². The number of Topliss-reactive ketones (excluding diaryl/α,β-unsaturated/α-hetero) is 1. The van der Waals surface area contributed by atoms with E-state index in [-0.39, 0.29) is 24.7 Å². The van der Waals surface area contributed by atoms with Gasteiger partial charge in [-0.3, -0.25) is 14.4 Å². The van der Waals surface area contributed by atoms with Crippen molar-refractivity contribution in [2.45, 2.75) is 39.7 Å². The zero-order valence-corrected chi connectivity index (χ0v) is 13.6. The van der Waals surface area contributed by atoms with Crippen LogP contribution in [0, 0.1) is 6.92 Å². The number of aryl methyl sites for hydroxylation is 1. The Hall–Kier alpha value is -2.15. The van der Waals surface area contributed by atoms with Crippen molar-refractivity contribution in [1.29, 1.82) is 0 Å². The van der Waals surface area contributed by atoms with E-state index in [1.807, 2.05) is 6.92 Å². The minimum atomic E-state index is -0.951. The second kappa shape index (κ2) is 6.95. The molecular formula is C16H22N2O5. The topological polar surface area (TPSA) is 99.7 Å². The standard InChI is InChI=1S/C16H22N2O5/c1-4-12-14(10(3)19)9(2)17-15(12)16(22)18-5-6-23-11(8-18)7-13(20)21/h11,17H,4-8H2,1-3H3,(H,20,21). The Labute approximate surface area is 134 Å². The highest BCUT2D eigenvalue weighted by Gasteiger charge is 2.30. The summed E-state index contributed by atoms with van der Waals surface area (Å²) in [6.45, 7) is 6.12. The van der Waals surface area contributed by atoms with Crippen molar-refractivity contribution in [3.05, 3.63) is 22.5 Å². The number of morpholine rings is 1. The summed E-state index contributed by atoms with van der Waals surface area (Å²) in [6, 6.07) is 0. The number of rotatable bonds is 5. The quantitative estimate of drug-likeness (QED) is 0.798. The molecule has 1 fully saturated rings. The molecule has 1 aliphatic rings. The van der Waals surface area contributed by atoms with E-state index in [9.17, 15) is 14.4 Å². The fourth-order valence-electron chi connectivity index (χ4n) is 3.07. The van der Waals surface area contributed by atoms with Gasteiger partial charge in [-0.2, -0.15) is 0 Å². The molecule has 0 saturated carbocycles. The lowest BCUT2D eigenvalue weighted by atomic mass is 10.0. The second-order valence-electron chi connectivity index (χ2n) is 5.73. The van der Waals surface area contributed by atoms with Crippen molar-refractivity contribution < 1.29 is 24.2 Å². The van der Waals surface area contributed by atoms with Gasteiger partial charge in [-0.25, -0.2) is 0 Å². The van der Waals surface area contributed by atoms with E-state index in [1.165, 1.54) is 6.92 Å². The maximum absolute atomic E-state index is 12.8. The zero-order chi connectivity index (χ0) is 17.1. The average molecular weight is 322 g/mol. The minimum Gasteiger partial charge on any atom is -0.481 e. The van der Waals surface area contributed by atoms with Crippen LogP contribution in [-0.4, -0.2) is 58.5 Å². The fraction of sp³-hybridized carbons (Fsp3) is 0.562. The molecule has 1 unspecified atom stereocenters. The number of hydrogen-bond acceptors (Lipinski definition) is 4. The Bertz CT molecular complexity index is 635. The van der Waals surface area contributed by atoms with E-state index in [0.717, 1.165) is 5.56 Å². The molecule has 126 valence electrons. The molecular weight excluding hydrogens is 300 g/mol. The van der Waals surface area contributed by atoms with E-state index in [2.05, 4.69) is 4.98 Å². The number of carboxylic acids is 1. The second-order valence-corrected chi connectivity index (χ2v) is 5.73. The van der Waals surface area contributed by atoms with E-state index >= 15 is 0 Å². The molecule has 0 aromatic carbocycles. The maximum Gasteiger partial charge on any atom is 0.306 e. The first-order valence-electron chi connectivity index (χ1n) is 7.70. The lowest BCUT2D eigenvalue weighted by molar-refractivity contribution is -0.141. The van der Waals surface area contributed by atoms with Crippen molar-refractivity contribution in [1.82, 2.24) is 9.88 Å². The maximum atomic E-state index is 12.8. The van der Waals surface area contributed by atoms with Gasteiger partial charge in [0.05, 0.1) is 19.1 Å². The third-order valence-electron chi connectivity index (χ3n) is 4.04. The van der Waals surface area contributed by atoms with Crippen molar-refractivity contribution >= 4 is 17.7 Å². The SMILES string of the molecule is CCc1c(C(=O)N2CCOC(CC(=O)O)C2)[nH]c(C)c1C(C)=O. The predicted octanol–water partition coefficient (Wildman–Crippen LogP) is 1.40. The molecule has 1 aromatic heterocycles. The average Bonchev–Trinajstić information content (AvgIpc) is 2.82. The predicted molar refractivity (Wildman–Crippen MR) is 82.8 cm³/mol. The molecule has 0 aliphatic carbocycles. The summed E-state index contributed by atoms with van der Waals surface area (Å²) >= 11 is 0. The number of carbonyl (C=O) groups excluding carboxylic acids is 2. The molecule has 7 heteroatoms. The molecule has 1 aromatic rings. The van der Waals surface area contributed by atoms with Crippen molar-refractivity contribution in [3.63, 3.8) is 0 Å². The smallest absolute Gasteiger partial charge is 0.306 e. The van der Waals surface area contributed by atoms with Gasteiger partial charge in [0.15, 0.2) is 5.78 Å². The summed E-state index contributed by atoms with van der Waals surface area (Å²) in [6.07, 6.45) is -0.0607. The van der Waals surface area contributed by atoms with Crippen LogP contribution in [0.4, 0.5) is 0 Å². The number of aromatic amines is 1. The van der Waals surface area contributed by atoms with Crippen LogP contribution in [0.25, 0.3) is 0 Å². The summed E-state index contributed by atoms with van der Waals surface area (Å²) in [4.78, 5) is 40.0. The number of ketones is 1. The normalized spacial score (nSPS) is 18.0. The molecule has 2 heterocycles. The molecule has 23 heavy (non-hydrogen) atoms. The van der Waals surface area contributed by atoms with Crippen molar-refractivity contribution in [2.24, 2.45) is 0 Å². The van der Waals surface area contributed by atoms with Gasteiger partial charge in [-0.1, -0.05) is 6.92 Å². The summed E-state index contributed by atoms with van der Waals surface area (Å²) in [5, 5.41) is 8.86. The van der Waals surface area contributed by atoms with Crippen LogP contribution in [0.2, 0.25) is 0 Å². The Balaban J connectivity index is 2.25. The van der Waals surface area contributed by atoms with Gasteiger partial charge in [-0.15, -0.1) is 0 Å². The lowest BCUT2D eigenvalue weighted by Gasteiger charge is -2.32. The Morgan fingerprint density at radius 2 is 2.09 bits per heavy atom. The number of hydrogen-bond donors (Lipinski definition) is 2. The number of nitrogens with zero attached hydrogens (tertiary/aromatic N) is 1. The van der Waals surface area contributed by atoms with E-state index in [0.29, 0.717) is 36.5 Å². The van der Waals surface area contributed by atoms with Gasteiger partial charge in [-0.05, 0) is 25.8 Å². The van der Waals surface area contributed by atoms with E-state index in [4.69, 9.17) is 9.84 Å². The molecule has 1 amide bonds. The van der Waals surface area contributed by atoms with Gasteiger partial charge >= 0.3 is 5.97 Å². The highest BCUT2D eigenvalue weighted by molar-refractivity contribution is 6.02. The monoisotopic (exact) mass is 322 g/mol. The Morgan fingerprint density at radius 1 is 1.39 bits per heavy atom. The van der Waals surface area contributed by atoms with Crippen LogP contribution in [0.1, 0.15) is 52.4 Å². The lowest BCUT2D eigenvalue weighted by Crippen LogP contribution is -2.46. The third kappa shape index (κ3) is 3.61. The van der Waals surface area contributed by atoms with Crippen LogP contribution in [-0.2, 0) is 16.0 Å². The highest BCUT2D eigenvalue weighted by atomic mass is 16.5. The largest absolute Gasteiger partial charge is 0.481 e. The molecule has 0 spiro atoms. The summed E-state index contributed by atoms with van der Waals surface area (Å²) in [5.74, 6) is -1.23. The van der Waals surface area contributed by atoms with Gasteiger partial charge in [0.25, 0.3) is 5.91 Å². The van der Waals surface area contributed by atoms with Gasteiger partial charge in [0.1, 0.15) is 5.69 Å². The summed E-state index contributed by atoms with van der Waals surface area (Å²) in [5.41, 5.74) is 2.41. The van der Waals surface area contributed by atoms with E-state index in [1.54, 1.807) is 11.8 Å². The highest BCUT2D eigenvalue weighted by Crippen LogP contribution is 2.22. The minimum absolute atomic E-state index is 0.0691. The van der Waals surface area contributed by atoms with Crippen molar-refractivity contribution in [2.75, 3.05) is 19.7 Å². The summed E-state index contributed by atoms with van der Waals surface area (Å²) in [7, 11) is 0. The van der Waals surface area contributed by atoms with Crippen molar-refractivity contribution in [3.8, 4) is 0 Å². The molecule has 0 radical (unpaired) electrons. The first kappa shape index (κ1) is 17.2. The van der Waals surface area contributed by atoms with Gasteiger partial charge < -0.3 is 19.7 Å².